The van der Waals surface area contributed by atoms with Crippen molar-refractivity contribution in [3.8, 4) is 0 Å². The molecule has 1 saturated carbocycles. The third-order valence-corrected chi connectivity index (χ3v) is 5.55. The summed E-state index contributed by atoms with van der Waals surface area (Å²) in [6.07, 6.45) is 5.63. The van der Waals surface area contributed by atoms with Crippen molar-refractivity contribution >= 4 is 34.1 Å². The van der Waals surface area contributed by atoms with E-state index in [9.17, 15) is 4.79 Å². The van der Waals surface area contributed by atoms with Crippen molar-refractivity contribution in [3.63, 3.8) is 0 Å². The molecule has 0 bridgehead atoms. The van der Waals surface area contributed by atoms with Crippen LogP contribution in [0.3, 0.4) is 0 Å². The molecule has 1 aliphatic carbocycles. The van der Waals surface area contributed by atoms with Crippen LogP contribution in [0.5, 0.6) is 0 Å². The van der Waals surface area contributed by atoms with Gasteiger partial charge in [-0.25, -0.2) is 0 Å². The Bertz CT molecular complexity index is 414. The van der Waals surface area contributed by atoms with E-state index < -0.39 is 0 Å². The molecule has 0 aliphatic heterocycles. The van der Waals surface area contributed by atoms with Gasteiger partial charge in [0.25, 0.3) is 0 Å². The number of nitrogens with zero attached hydrogens (tertiary/aromatic N) is 2. The van der Waals surface area contributed by atoms with Crippen LogP contribution in [0.15, 0.2) is 4.34 Å². The lowest BCUT2D eigenvalue weighted by Gasteiger charge is -2.19. The van der Waals surface area contributed by atoms with Gasteiger partial charge in [0.05, 0.1) is 0 Å². The van der Waals surface area contributed by atoms with Gasteiger partial charge < -0.3 is 5.32 Å². The summed E-state index contributed by atoms with van der Waals surface area (Å²) in [5.41, 5.74) is 0. The molecular formula is C13H21N3OS2. The molecule has 0 saturated heterocycles. The molecular weight excluding hydrogens is 278 g/mol. The van der Waals surface area contributed by atoms with Gasteiger partial charge >= 0.3 is 0 Å². The van der Waals surface area contributed by atoms with Crippen LogP contribution in [-0.2, 0) is 4.79 Å². The van der Waals surface area contributed by atoms with Crippen molar-refractivity contribution in [2.45, 2.75) is 50.3 Å². The third kappa shape index (κ3) is 4.76. The molecule has 1 N–H and O–H groups in total. The van der Waals surface area contributed by atoms with Crippen LogP contribution in [0.25, 0.3) is 0 Å². The molecule has 106 valence electrons. The summed E-state index contributed by atoms with van der Waals surface area (Å²) < 4.78 is 0.938. The fourth-order valence-electron chi connectivity index (χ4n) is 2.13. The van der Waals surface area contributed by atoms with Crippen molar-refractivity contribution in [3.05, 3.63) is 0 Å². The fourth-order valence-corrected chi connectivity index (χ4v) is 3.86. The maximum atomic E-state index is 12.1. The van der Waals surface area contributed by atoms with Crippen LogP contribution in [0.2, 0.25) is 0 Å². The molecule has 0 spiro atoms. The summed E-state index contributed by atoms with van der Waals surface area (Å²) >= 11 is 3.18. The van der Waals surface area contributed by atoms with E-state index >= 15 is 0 Å². The van der Waals surface area contributed by atoms with E-state index in [1.54, 1.807) is 11.8 Å². The second-order valence-electron chi connectivity index (χ2n) is 5.40. The number of amides is 1. The topological polar surface area (TPSA) is 54.9 Å². The zero-order chi connectivity index (χ0) is 13.7. The van der Waals surface area contributed by atoms with Gasteiger partial charge in [-0.3, -0.25) is 4.79 Å². The molecule has 0 unspecified atom stereocenters. The van der Waals surface area contributed by atoms with Crippen molar-refractivity contribution in [1.29, 1.82) is 0 Å². The molecule has 0 atom stereocenters. The van der Waals surface area contributed by atoms with Gasteiger partial charge in [0.15, 0.2) is 4.34 Å². The van der Waals surface area contributed by atoms with Gasteiger partial charge in [-0.15, -0.1) is 10.2 Å². The number of anilines is 1. The van der Waals surface area contributed by atoms with Crippen molar-refractivity contribution < 1.29 is 4.79 Å². The number of nitrogens with one attached hydrogen (secondary N) is 1. The SMILES string of the molecule is CC(C)CSc1nnc(NC(=O)C2CCCCC2)s1. The number of carbonyl (C=O) groups is 1. The zero-order valence-corrected chi connectivity index (χ0v) is 13.1. The second kappa shape index (κ2) is 7.24. The normalized spacial score (nSPS) is 16.8. The predicted octanol–water partition coefficient (Wildman–Crippen LogP) is 3.81. The summed E-state index contributed by atoms with van der Waals surface area (Å²) in [6, 6.07) is 0. The molecule has 1 fully saturated rings. The number of hydrogen-bond acceptors (Lipinski definition) is 5. The van der Waals surface area contributed by atoms with Gasteiger partial charge in [-0.2, -0.15) is 0 Å². The molecule has 4 nitrogen and oxygen atoms in total. The fraction of sp³-hybridized carbons (Fsp3) is 0.769. The summed E-state index contributed by atoms with van der Waals surface area (Å²) in [4.78, 5) is 12.1. The molecule has 1 heterocycles. The van der Waals surface area contributed by atoms with Gasteiger partial charge in [0, 0.05) is 11.7 Å². The second-order valence-corrected chi connectivity index (χ2v) is 7.65. The Kier molecular flexibility index (Phi) is 5.63. The first-order chi connectivity index (χ1) is 9.15. The van der Waals surface area contributed by atoms with Crippen LogP contribution in [0.1, 0.15) is 46.0 Å². The van der Waals surface area contributed by atoms with Crippen molar-refractivity contribution in [2.75, 3.05) is 11.1 Å². The Hall–Kier alpha value is -0.620. The molecule has 2 rings (SSSR count). The quantitative estimate of drug-likeness (QED) is 0.663. The molecule has 6 heteroatoms. The van der Waals surface area contributed by atoms with Crippen molar-refractivity contribution in [2.24, 2.45) is 11.8 Å². The minimum Gasteiger partial charge on any atom is -0.300 e. The standard InChI is InChI=1S/C13H21N3OS2/c1-9(2)8-18-13-16-15-12(19-13)14-11(17)10-6-4-3-5-7-10/h9-10H,3-8H2,1-2H3,(H,14,15,17). The van der Waals surface area contributed by atoms with Crippen LogP contribution in [-0.4, -0.2) is 21.9 Å². The van der Waals surface area contributed by atoms with Gasteiger partial charge in [-0.05, 0) is 18.8 Å². The monoisotopic (exact) mass is 299 g/mol. The van der Waals surface area contributed by atoms with E-state index in [0.29, 0.717) is 11.0 Å². The summed E-state index contributed by atoms with van der Waals surface area (Å²) in [6.45, 7) is 4.36. The summed E-state index contributed by atoms with van der Waals surface area (Å²) in [5, 5.41) is 11.7. The van der Waals surface area contributed by atoms with E-state index in [0.717, 1.165) is 22.9 Å². The lowest BCUT2D eigenvalue weighted by Crippen LogP contribution is -2.24. The molecule has 0 aromatic carbocycles. The molecule has 1 aliphatic rings. The Balaban J connectivity index is 1.83. The number of aromatic nitrogens is 2. The maximum Gasteiger partial charge on any atom is 0.229 e. The summed E-state index contributed by atoms with van der Waals surface area (Å²) in [7, 11) is 0. The lowest BCUT2D eigenvalue weighted by molar-refractivity contribution is -0.120. The van der Waals surface area contributed by atoms with E-state index in [1.807, 2.05) is 0 Å². The van der Waals surface area contributed by atoms with Crippen LogP contribution < -0.4 is 5.32 Å². The van der Waals surface area contributed by atoms with Crippen LogP contribution in [0, 0.1) is 11.8 Å². The largest absolute Gasteiger partial charge is 0.300 e. The minimum absolute atomic E-state index is 0.122. The highest BCUT2D eigenvalue weighted by Gasteiger charge is 2.22. The number of carbonyl (C=O) groups excluding carboxylic acids is 1. The Morgan fingerprint density at radius 2 is 2.11 bits per heavy atom. The van der Waals surface area contributed by atoms with Crippen molar-refractivity contribution in [1.82, 2.24) is 10.2 Å². The first kappa shape index (κ1) is 14.8. The van der Waals surface area contributed by atoms with Crippen LogP contribution in [0.4, 0.5) is 5.13 Å². The molecule has 1 aromatic heterocycles. The minimum atomic E-state index is 0.122. The molecule has 19 heavy (non-hydrogen) atoms. The average molecular weight is 299 g/mol. The molecule has 0 radical (unpaired) electrons. The highest BCUT2D eigenvalue weighted by atomic mass is 32.2. The van der Waals surface area contributed by atoms with E-state index in [2.05, 4.69) is 29.4 Å². The Morgan fingerprint density at radius 1 is 1.37 bits per heavy atom. The highest BCUT2D eigenvalue weighted by molar-refractivity contribution is 8.01. The van der Waals surface area contributed by atoms with Gasteiger partial charge in [0.1, 0.15) is 0 Å². The van der Waals surface area contributed by atoms with E-state index in [4.69, 9.17) is 0 Å². The smallest absolute Gasteiger partial charge is 0.229 e. The average Bonchev–Trinajstić information content (AvgIpc) is 2.85. The molecule has 1 amide bonds. The first-order valence-electron chi connectivity index (χ1n) is 6.92. The number of hydrogen-bond donors (Lipinski definition) is 1. The van der Waals surface area contributed by atoms with E-state index in [1.165, 1.54) is 30.6 Å². The highest BCUT2D eigenvalue weighted by Crippen LogP contribution is 2.29. The maximum absolute atomic E-state index is 12.1. The Labute approximate surface area is 122 Å². The first-order valence-corrected chi connectivity index (χ1v) is 8.72. The van der Waals surface area contributed by atoms with Gasteiger partial charge in [-0.1, -0.05) is 56.2 Å². The summed E-state index contributed by atoms with van der Waals surface area (Å²) in [5.74, 6) is 1.96. The molecule has 1 aromatic rings. The van der Waals surface area contributed by atoms with E-state index in [-0.39, 0.29) is 11.8 Å². The lowest BCUT2D eigenvalue weighted by atomic mass is 9.89. The Morgan fingerprint density at radius 3 is 2.79 bits per heavy atom. The third-order valence-electron chi connectivity index (χ3n) is 3.15. The predicted molar refractivity (Wildman–Crippen MR) is 80.7 cm³/mol. The van der Waals surface area contributed by atoms with Crippen LogP contribution >= 0.6 is 23.1 Å². The van der Waals surface area contributed by atoms with Gasteiger partial charge in [0.2, 0.25) is 11.0 Å². The number of rotatable bonds is 5. The zero-order valence-electron chi connectivity index (χ0n) is 11.5. The number of thioether (sulfide) groups is 1.